The Balaban J connectivity index is 2.13. The lowest BCUT2D eigenvalue weighted by atomic mass is 10.0. The van der Waals surface area contributed by atoms with Crippen molar-refractivity contribution in [3.8, 4) is 6.07 Å². The van der Waals surface area contributed by atoms with Gasteiger partial charge >= 0.3 is 0 Å². The Morgan fingerprint density at radius 1 is 1.32 bits per heavy atom. The van der Waals surface area contributed by atoms with Gasteiger partial charge in [-0.25, -0.2) is 0 Å². The highest BCUT2D eigenvalue weighted by Gasteiger charge is 2.28. The highest BCUT2D eigenvalue weighted by Crippen LogP contribution is 2.23. The molecular weight excluding hydrogens is 236 g/mol. The maximum absolute atomic E-state index is 8.84. The van der Waals surface area contributed by atoms with Gasteiger partial charge in [-0.1, -0.05) is 0 Å². The van der Waals surface area contributed by atoms with Crippen molar-refractivity contribution in [1.29, 1.82) is 5.26 Å². The molecule has 0 amide bonds. The van der Waals surface area contributed by atoms with E-state index in [0.29, 0.717) is 17.6 Å². The number of nitriles is 1. The Morgan fingerprint density at radius 2 is 2.00 bits per heavy atom. The third kappa shape index (κ3) is 3.06. The van der Waals surface area contributed by atoms with Crippen LogP contribution in [0.5, 0.6) is 0 Å². The van der Waals surface area contributed by atoms with Crippen LogP contribution in [0.2, 0.25) is 0 Å². The number of piperazine rings is 1. The Hall–Kier alpha value is -1.57. The molecule has 0 aliphatic carbocycles. The zero-order valence-electron chi connectivity index (χ0n) is 11.7. The van der Waals surface area contributed by atoms with Gasteiger partial charge in [-0.2, -0.15) is 5.26 Å². The van der Waals surface area contributed by atoms with Crippen molar-refractivity contribution >= 4 is 5.69 Å². The summed E-state index contributed by atoms with van der Waals surface area (Å²) in [5, 5.41) is 8.84. The highest BCUT2D eigenvalue weighted by molar-refractivity contribution is 5.50. The minimum absolute atomic E-state index is 0.504. The van der Waals surface area contributed by atoms with Gasteiger partial charge in [-0.3, -0.25) is 4.90 Å². The first-order valence-corrected chi connectivity index (χ1v) is 6.82. The van der Waals surface area contributed by atoms with E-state index in [-0.39, 0.29) is 0 Å². The second-order valence-electron chi connectivity index (χ2n) is 5.31. The van der Waals surface area contributed by atoms with Gasteiger partial charge in [0.1, 0.15) is 0 Å². The van der Waals surface area contributed by atoms with Crippen LogP contribution in [0.3, 0.4) is 0 Å². The predicted molar refractivity (Wildman–Crippen MR) is 78.1 cm³/mol. The number of likely N-dealkylation sites (N-methyl/N-ethyl adjacent to an activating group) is 1. The van der Waals surface area contributed by atoms with Gasteiger partial charge in [0.05, 0.1) is 11.6 Å². The van der Waals surface area contributed by atoms with E-state index in [2.05, 4.69) is 29.8 Å². The number of hydrogen-bond acceptors (Lipinski definition) is 4. The number of anilines is 1. The zero-order valence-corrected chi connectivity index (χ0v) is 11.7. The minimum atomic E-state index is 0.504. The van der Waals surface area contributed by atoms with Crippen LogP contribution in [0.15, 0.2) is 24.3 Å². The molecule has 1 fully saturated rings. The van der Waals surface area contributed by atoms with Crippen LogP contribution in [0.25, 0.3) is 0 Å². The average molecular weight is 258 g/mol. The van der Waals surface area contributed by atoms with Crippen LogP contribution in [0.1, 0.15) is 18.9 Å². The van der Waals surface area contributed by atoms with Crippen molar-refractivity contribution in [3.05, 3.63) is 29.8 Å². The third-order valence-electron chi connectivity index (χ3n) is 4.05. The second kappa shape index (κ2) is 6.05. The minimum Gasteiger partial charge on any atom is -0.368 e. The fourth-order valence-electron chi connectivity index (χ4n) is 2.71. The Morgan fingerprint density at radius 3 is 2.58 bits per heavy atom. The summed E-state index contributed by atoms with van der Waals surface area (Å²) in [6, 6.07) is 11.0. The van der Waals surface area contributed by atoms with Crippen LogP contribution in [0, 0.1) is 11.3 Å². The molecule has 1 heterocycles. The Bertz CT molecular complexity index is 448. The molecule has 1 aliphatic heterocycles. The van der Waals surface area contributed by atoms with Crippen molar-refractivity contribution in [1.82, 2.24) is 4.90 Å². The molecule has 1 aromatic carbocycles. The van der Waals surface area contributed by atoms with E-state index < -0.39 is 0 Å². The monoisotopic (exact) mass is 258 g/mol. The molecule has 1 saturated heterocycles. The molecule has 2 atom stereocenters. The van der Waals surface area contributed by atoms with E-state index in [1.807, 2.05) is 24.3 Å². The van der Waals surface area contributed by atoms with Gasteiger partial charge in [-0.15, -0.1) is 0 Å². The van der Waals surface area contributed by atoms with Crippen LogP contribution < -0.4 is 10.6 Å². The van der Waals surface area contributed by atoms with Crippen LogP contribution in [-0.2, 0) is 0 Å². The van der Waals surface area contributed by atoms with Crippen molar-refractivity contribution in [3.63, 3.8) is 0 Å². The zero-order chi connectivity index (χ0) is 13.8. The van der Waals surface area contributed by atoms with E-state index in [1.54, 1.807) is 0 Å². The Labute approximate surface area is 115 Å². The molecule has 2 rings (SSSR count). The molecule has 0 radical (unpaired) electrons. The maximum atomic E-state index is 8.84. The number of benzene rings is 1. The molecule has 0 aromatic heterocycles. The quantitative estimate of drug-likeness (QED) is 0.891. The summed E-state index contributed by atoms with van der Waals surface area (Å²) in [6.45, 7) is 5.00. The predicted octanol–water partition coefficient (Wildman–Crippen LogP) is 1.42. The van der Waals surface area contributed by atoms with Crippen molar-refractivity contribution < 1.29 is 0 Å². The van der Waals surface area contributed by atoms with Crippen molar-refractivity contribution in [2.75, 3.05) is 31.6 Å². The lowest BCUT2D eigenvalue weighted by molar-refractivity contribution is 0.152. The van der Waals surface area contributed by atoms with E-state index in [9.17, 15) is 0 Å². The topological polar surface area (TPSA) is 56.3 Å². The lowest BCUT2D eigenvalue weighted by Gasteiger charge is -2.45. The number of rotatable bonds is 3. The molecule has 2 unspecified atom stereocenters. The van der Waals surface area contributed by atoms with E-state index in [4.69, 9.17) is 11.0 Å². The van der Waals surface area contributed by atoms with Crippen LogP contribution >= 0.6 is 0 Å². The summed E-state index contributed by atoms with van der Waals surface area (Å²) in [4.78, 5) is 4.82. The summed E-state index contributed by atoms with van der Waals surface area (Å²) >= 11 is 0. The van der Waals surface area contributed by atoms with E-state index in [1.165, 1.54) is 5.69 Å². The number of hydrogen-bond donors (Lipinski definition) is 1. The SMILES string of the molecule is CC1CN(c2ccc(C#N)cc2)CC(CCN)N1C. The smallest absolute Gasteiger partial charge is 0.0991 e. The first kappa shape index (κ1) is 13.9. The van der Waals surface area contributed by atoms with Crippen molar-refractivity contribution in [2.24, 2.45) is 5.73 Å². The summed E-state index contributed by atoms with van der Waals surface area (Å²) in [5.41, 5.74) is 7.62. The molecule has 1 aliphatic rings. The molecule has 4 heteroatoms. The molecule has 1 aromatic rings. The maximum Gasteiger partial charge on any atom is 0.0991 e. The van der Waals surface area contributed by atoms with Gasteiger partial charge in [0, 0.05) is 30.9 Å². The first-order chi connectivity index (χ1) is 9.15. The molecule has 0 spiro atoms. The number of nitrogens with zero attached hydrogens (tertiary/aromatic N) is 3. The summed E-state index contributed by atoms with van der Waals surface area (Å²) < 4.78 is 0. The van der Waals surface area contributed by atoms with Gasteiger partial charge < -0.3 is 10.6 Å². The second-order valence-corrected chi connectivity index (χ2v) is 5.31. The van der Waals surface area contributed by atoms with E-state index in [0.717, 1.165) is 26.1 Å². The molecule has 102 valence electrons. The van der Waals surface area contributed by atoms with Crippen LogP contribution in [0.4, 0.5) is 5.69 Å². The van der Waals surface area contributed by atoms with E-state index >= 15 is 0 Å². The van der Waals surface area contributed by atoms with Gasteiger partial charge in [0.15, 0.2) is 0 Å². The summed E-state index contributed by atoms with van der Waals surface area (Å²) in [7, 11) is 2.18. The molecule has 4 nitrogen and oxygen atoms in total. The molecule has 19 heavy (non-hydrogen) atoms. The summed E-state index contributed by atoms with van der Waals surface area (Å²) in [6.07, 6.45) is 1.02. The van der Waals surface area contributed by atoms with Crippen molar-refractivity contribution in [2.45, 2.75) is 25.4 Å². The van der Waals surface area contributed by atoms with Crippen LogP contribution in [-0.4, -0.2) is 43.7 Å². The fourth-order valence-corrected chi connectivity index (χ4v) is 2.71. The van der Waals surface area contributed by atoms with Gasteiger partial charge in [0.25, 0.3) is 0 Å². The first-order valence-electron chi connectivity index (χ1n) is 6.82. The standard InChI is InChI=1S/C15H22N4/c1-12-10-19(11-15(7-8-16)18(12)2)14-5-3-13(9-17)4-6-14/h3-6,12,15H,7-8,10-11,16H2,1-2H3. The molecule has 0 bridgehead atoms. The molecule has 0 saturated carbocycles. The average Bonchev–Trinajstić information content (AvgIpc) is 2.44. The fraction of sp³-hybridized carbons (Fsp3) is 0.533. The largest absolute Gasteiger partial charge is 0.368 e. The Kier molecular flexibility index (Phi) is 4.41. The van der Waals surface area contributed by atoms with Gasteiger partial charge in [-0.05, 0) is 51.2 Å². The summed E-state index contributed by atoms with van der Waals surface area (Å²) in [5.74, 6) is 0. The number of nitrogens with two attached hydrogens (primary N) is 1. The molecular formula is C15H22N4. The molecule has 2 N–H and O–H groups in total. The lowest BCUT2D eigenvalue weighted by Crippen LogP contribution is -2.56. The highest BCUT2D eigenvalue weighted by atomic mass is 15.3. The third-order valence-corrected chi connectivity index (χ3v) is 4.05. The van der Waals surface area contributed by atoms with Gasteiger partial charge in [0.2, 0.25) is 0 Å². The normalized spacial score (nSPS) is 24.2.